The maximum Gasteiger partial charge on any atom is 0.234 e. The van der Waals surface area contributed by atoms with Gasteiger partial charge in [0.05, 0.1) is 28.3 Å². The molecule has 2 N–H and O–H groups in total. The van der Waals surface area contributed by atoms with E-state index in [0.717, 1.165) is 27.7 Å². The fourth-order valence-corrected chi connectivity index (χ4v) is 6.13. The quantitative estimate of drug-likeness (QED) is 0.376. The van der Waals surface area contributed by atoms with Gasteiger partial charge in [-0.3, -0.25) is 9.59 Å². The van der Waals surface area contributed by atoms with Gasteiger partial charge in [-0.1, -0.05) is 85.7 Å². The Morgan fingerprint density at radius 2 is 1.84 bits per heavy atom. The monoisotopic (exact) mass is 527 g/mol. The van der Waals surface area contributed by atoms with Gasteiger partial charge < -0.3 is 10.6 Å². The molecule has 37 heavy (non-hydrogen) atoms. The van der Waals surface area contributed by atoms with Gasteiger partial charge in [0.25, 0.3) is 0 Å². The average molecular weight is 528 g/mol. The molecule has 1 heterocycles. The fraction of sp³-hybridized carbons (Fsp3) is 0.233. The number of amides is 1. The van der Waals surface area contributed by atoms with Gasteiger partial charge in [0.2, 0.25) is 5.91 Å². The Kier molecular flexibility index (Phi) is 6.85. The first-order valence-electron chi connectivity index (χ1n) is 12.1. The Morgan fingerprint density at radius 1 is 1.11 bits per heavy atom. The summed E-state index contributed by atoms with van der Waals surface area (Å²) < 4.78 is 0. The van der Waals surface area contributed by atoms with Crippen molar-refractivity contribution < 1.29 is 9.59 Å². The van der Waals surface area contributed by atoms with Gasteiger partial charge in [0.1, 0.15) is 0 Å². The van der Waals surface area contributed by atoms with Crippen molar-refractivity contribution in [2.24, 2.45) is 5.41 Å². The van der Waals surface area contributed by atoms with Crippen LogP contribution in [0.25, 0.3) is 10.8 Å². The van der Waals surface area contributed by atoms with Gasteiger partial charge in [0, 0.05) is 33.8 Å². The lowest BCUT2D eigenvalue weighted by Gasteiger charge is -2.39. The molecule has 0 bridgehead atoms. The van der Waals surface area contributed by atoms with E-state index in [2.05, 4.69) is 30.6 Å². The number of dihydropyridines is 1. The third-order valence-electron chi connectivity index (χ3n) is 6.74. The summed E-state index contributed by atoms with van der Waals surface area (Å²) in [4.78, 5) is 26.3. The van der Waals surface area contributed by atoms with Gasteiger partial charge >= 0.3 is 0 Å². The van der Waals surface area contributed by atoms with Crippen molar-refractivity contribution >= 4 is 51.5 Å². The van der Waals surface area contributed by atoms with Crippen LogP contribution in [-0.4, -0.2) is 17.4 Å². The smallest absolute Gasteiger partial charge is 0.234 e. The van der Waals surface area contributed by atoms with Crippen molar-refractivity contribution in [2.45, 2.75) is 32.6 Å². The maximum atomic E-state index is 13.3. The minimum Gasteiger partial charge on any atom is -0.352 e. The van der Waals surface area contributed by atoms with E-state index in [1.165, 1.54) is 11.8 Å². The van der Waals surface area contributed by atoms with Gasteiger partial charge in [0.15, 0.2) is 5.78 Å². The number of carbonyl (C=O) groups is 2. The minimum atomic E-state index is -0.495. The van der Waals surface area contributed by atoms with Crippen LogP contribution in [-0.2, 0) is 9.59 Å². The molecule has 1 aliphatic heterocycles. The molecule has 186 valence electrons. The van der Waals surface area contributed by atoms with Crippen molar-refractivity contribution in [1.82, 2.24) is 5.32 Å². The number of nitriles is 1. The van der Waals surface area contributed by atoms with Crippen LogP contribution >= 0.6 is 23.4 Å². The molecule has 2 aliphatic rings. The summed E-state index contributed by atoms with van der Waals surface area (Å²) in [5, 5.41) is 19.8. The number of allylic oxidation sites excluding steroid dienone is 3. The van der Waals surface area contributed by atoms with E-state index >= 15 is 0 Å². The molecule has 0 saturated carbocycles. The number of ketones is 1. The Balaban J connectivity index is 1.44. The number of nitrogens with one attached hydrogen (secondary N) is 2. The standard InChI is InChI=1S/C30H26ClN3O2S/c1-30(2)14-24-28(25(35)15-30)27(19-10-12-20(31)13-11-19)22(16-32)29(34-24)37-17-26(36)33-23-9-5-7-18-6-3-4-8-21(18)23/h3-13,27,34H,14-15,17H2,1-2H3,(H,33,36)/t27-/m0/s1. The van der Waals surface area contributed by atoms with Crippen LogP contribution in [0.5, 0.6) is 0 Å². The molecule has 5 rings (SSSR count). The maximum absolute atomic E-state index is 13.3. The summed E-state index contributed by atoms with van der Waals surface area (Å²) in [6.45, 7) is 4.14. The summed E-state index contributed by atoms with van der Waals surface area (Å²) in [5.41, 5.74) is 3.30. The van der Waals surface area contributed by atoms with Gasteiger partial charge in [-0.2, -0.15) is 5.26 Å². The summed E-state index contributed by atoms with van der Waals surface area (Å²) >= 11 is 7.41. The molecule has 3 aromatic carbocycles. The minimum absolute atomic E-state index is 0.0456. The lowest BCUT2D eigenvalue weighted by Crippen LogP contribution is -2.37. The number of hydrogen-bond donors (Lipinski definition) is 2. The van der Waals surface area contributed by atoms with E-state index in [-0.39, 0.29) is 22.9 Å². The fourth-order valence-electron chi connectivity index (χ4n) is 5.14. The predicted molar refractivity (Wildman–Crippen MR) is 150 cm³/mol. The van der Waals surface area contributed by atoms with Crippen molar-refractivity contribution in [3.63, 3.8) is 0 Å². The normalized spacial score (nSPS) is 18.8. The highest BCUT2D eigenvalue weighted by Crippen LogP contribution is 2.48. The second kappa shape index (κ2) is 10.1. The van der Waals surface area contributed by atoms with E-state index in [4.69, 9.17) is 11.6 Å². The zero-order chi connectivity index (χ0) is 26.2. The molecule has 0 radical (unpaired) electrons. The lowest BCUT2D eigenvalue weighted by atomic mass is 9.69. The first-order valence-corrected chi connectivity index (χ1v) is 13.5. The van der Waals surface area contributed by atoms with Crippen molar-refractivity contribution in [3.05, 3.63) is 99.2 Å². The lowest BCUT2D eigenvalue weighted by molar-refractivity contribution is -0.118. The number of nitrogens with zero attached hydrogens (tertiary/aromatic N) is 1. The first-order chi connectivity index (χ1) is 17.8. The van der Waals surface area contributed by atoms with Crippen molar-refractivity contribution in [2.75, 3.05) is 11.1 Å². The van der Waals surface area contributed by atoms with Gasteiger partial charge in [-0.05, 0) is 41.0 Å². The molecular weight excluding hydrogens is 502 g/mol. The molecule has 0 aromatic heterocycles. The van der Waals surface area contributed by atoms with E-state index < -0.39 is 5.92 Å². The number of hydrogen-bond acceptors (Lipinski definition) is 5. The number of thioether (sulfide) groups is 1. The van der Waals surface area contributed by atoms with Crippen LogP contribution in [0.1, 0.15) is 38.2 Å². The molecule has 5 nitrogen and oxygen atoms in total. The number of carbonyl (C=O) groups excluding carboxylic acids is 2. The van der Waals surface area contributed by atoms with E-state index in [0.29, 0.717) is 34.0 Å². The molecule has 0 saturated heterocycles. The number of benzene rings is 3. The van der Waals surface area contributed by atoms with Crippen LogP contribution in [0.15, 0.2) is 88.6 Å². The van der Waals surface area contributed by atoms with E-state index in [1.54, 1.807) is 12.1 Å². The average Bonchev–Trinajstić information content (AvgIpc) is 2.86. The molecule has 0 fully saturated rings. The van der Waals surface area contributed by atoms with Crippen molar-refractivity contribution in [3.8, 4) is 6.07 Å². The topological polar surface area (TPSA) is 82.0 Å². The van der Waals surface area contributed by atoms with Crippen LogP contribution in [0.3, 0.4) is 0 Å². The highest BCUT2D eigenvalue weighted by Gasteiger charge is 2.41. The number of halogens is 1. The molecule has 1 aliphatic carbocycles. The zero-order valence-electron chi connectivity index (χ0n) is 20.6. The Labute approximate surface area is 225 Å². The number of Topliss-reactive ketones (excluding diaryl/α,β-unsaturated/α-hetero) is 1. The summed E-state index contributed by atoms with van der Waals surface area (Å²) in [6.07, 6.45) is 1.11. The third kappa shape index (κ3) is 5.16. The highest BCUT2D eigenvalue weighted by molar-refractivity contribution is 8.03. The third-order valence-corrected chi connectivity index (χ3v) is 8.01. The van der Waals surface area contributed by atoms with E-state index in [9.17, 15) is 14.9 Å². The first kappa shape index (κ1) is 25.1. The van der Waals surface area contributed by atoms with Crippen molar-refractivity contribution in [1.29, 1.82) is 5.26 Å². The van der Waals surface area contributed by atoms with Crippen LogP contribution < -0.4 is 10.6 Å². The van der Waals surface area contributed by atoms with Gasteiger partial charge in [-0.25, -0.2) is 0 Å². The van der Waals surface area contributed by atoms with Crippen LogP contribution in [0.2, 0.25) is 5.02 Å². The number of rotatable bonds is 5. The van der Waals surface area contributed by atoms with Crippen LogP contribution in [0, 0.1) is 16.7 Å². The van der Waals surface area contributed by atoms with E-state index in [1.807, 2.05) is 54.6 Å². The molecule has 1 amide bonds. The summed E-state index contributed by atoms with van der Waals surface area (Å²) in [5.74, 6) is -0.505. The Bertz CT molecular complexity index is 1510. The molecule has 7 heteroatoms. The Hall–Kier alpha value is -3.53. The summed E-state index contributed by atoms with van der Waals surface area (Å²) in [7, 11) is 0. The zero-order valence-corrected chi connectivity index (χ0v) is 22.2. The van der Waals surface area contributed by atoms with Crippen LogP contribution in [0.4, 0.5) is 5.69 Å². The Morgan fingerprint density at radius 3 is 2.59 bits per heavy atom. The second-order valence-electron chi connectivity index (χ2n) is 10.2. The summed E-state index contributed by atoms with van der Waals surface area (Å²) in [6, 6.07) is 23.3. The number of anilines is 1. The predicted octanol–water partition coefficient (Wildman–Crippen LogP) is 6.93. The second-order valence-corrected chi connectivity index (χ2v) is 11.6. The largest absolute Gasteiger partial charge is 0.352 e. The molecule has 3 aromatic rings. The molecule has 1 atom stereocenters. The highest BCUT2D eigenvalue weighted by atomic mass is 35.5. The number of fused-ring (bicyclic) bond motifs is 1. The van der Waals surface area contributed by atoms with Gasteiger partial charge in [-0.15, -0.1) is 0 Å². The molecular formula is C30H26ClN3O2S. The molecule has 0 unspecified atom stereocenters. The molecule has 0 spiro atoms. The SMILES string of the molecule is CC1(C)CC(=O)C2=C(C1)NC(SCC(=O)Nc1cccc3ccccc13)=C(C#N)[C@@H]2c1ccc(Cl)cc1.